The van der Waals surface area contributed by atoms with E-state index in [1.54, 1.807) is 0 Å². The molecule has 1 unspecified atom stereocenters. The second-order valence-corrected chi connectivity index (χ2v) is 5.04. The van der Waals surface area contributed by atoms with Gasteiger partial charge in [0.1, 0.15) is 5.82 Å². The lowest BCUT2D eigenvalue weighted by Crippen LogP contribution is -2.09. The van der Waals surface area contributed by atoms with Crippen LogP contribution in [0.2, 0.25) is 5.02 Å². The second-order valence-electron chi connectivity index (χ2n) is 4.23. The number of fused-ring (bicyclic) bond motifs is 1. The number of nitrogens with zero attached hydrogens (tertiary/aromatic N) is 2. The van der Waals surface area contributed by atoms with Crippen molar-refractivity contribution in [2.24, 2.45) is 0 Å². The second kappa shape index (κ2) is 5.28. The molecule has 4 heteroatoms. The molecule has 17 heavy (non-hydrogen) atoms. The summed E-state index contributed by atoms with van der Waals surface area (Å²) in [5.41, 5.74) is 2.10. The summed E-state index contributed by atoms with van der Waals surface area (Å²) in [6.07, 6.45) is 1.86. The van der Waals surface area contributed by atoms with Crippen molar-refractivity contribution in [2.45, 2.75) is 32.7 Å². The topological polar surface area (TPSA) is 17.8 Å². The van der Waals surface area contributed by atoms with Gasteiger partial charge in [0.2, 0.25) is 0 Å². The molecule has 92 valence electrons. The molecule has 0 radical (unpaired) electrons. The average molecular weight is 271 g/mol. The van der Waals surface area contributed by atoms with Crippen molar-refractivity contribution in [2.75, 3.05) is 5.88 Å². The third kappa shape index (κ3) is 2.43. The zero-order valence-corrected chi connectivity index (χ0v) is 11.6. The van der Waals surface area contributed by atoms with Crippen LogP contribution in [0, 0.1) is 0 Å². The highest BCUT2D eigenvalue weighted by atomic mass is 35.5. The molecule has 0 spiro atoms. The zero-order valence-electron chi connectivity index (χ0n) is 10.1. The summed E-state index contributed by atoms with van der Waals surface area (Å²) < 4.78 is 2.27. The molecule has 2 aromatic rings. The van der Waals surface area contributed by atoms with Crippen LogP contribution in [0.15, 0.2) is 18.2 Å². The van der Waals surface area contributed by atoms with Gasteiger partial charge >= 0.3 is 0 Å². The predicted molar refractivity (Wildman–Crippen MR) is 74.2 cm³/mol. The molecule has 0 aliphatic rings. The third-order valence-corrected chi connectivity index (χ3v) is 3.50. The Labute approximate surface area is 112 Å². The first-order valence-electron chi connectivity index (χ1n) is 5.89. The van der Waals surface area contributed by atoms with E-state index in [1.807, 2.05) is 18.2 Å². The standard InChI is InChI=1S/C13H16Cl2N2/c1-3-9(2)17-12-5-4-10(15)8-11(12)16-13(17)6-7-14/h4-5,8-9H,3,6-7H2,1-2H3. The largest absolute Gasteiger partial charge is 0.325 e. The van der Waals surface area contributed by atoms with Gasteiger partial charge in [-0.3, -0.25) is 0 Å². The molecule has 0 bridgehead atoms. The first-order chi connectivity index (χ1) is 8.17. The van der Waals surface area contributed by atoms with Crippen molar-refractivity contribution < 1.29 is 0 Å². The summed E-state index contributed by atoms with van der Waals surface area (Å²) in [6, 6.07) is 6.29. The normalized spacial score (nSPS) is 13.2. The molecule has 0 saturated heterocycles. The number of hydrogen-bond acceptors (Lipinski definition) is 1. The monoisotopic (exact) mass is 270 g/mol. The first-order valence-corrected chi connectivity index (χ1v) is 6.81. The quantitative estimate of drug-likeness (QED) is 0.751. The molecule has 1 aromatic carbocycles. The summed E-state index contributed by atoms with van der Waals surface area (Å²) in [7, 11) is 0. The van der Waals surface area contributed by atoms with E-state index in [2.05, 4.69) is 23.4 Å². The third-order valence-electron chi connectivity index (χ3n) is 3.07. The first kappa shape index (κ1) is 12.7. The minimum Gasteiger partial charge on any atom is -0.325 e. The number of alkyl halides is 1. The molecule has 2 nitrogen and oxygen atoms in total. The van der Waals surface area contributed by atoms with Crippen LogP contribution in [0.1, 0.15) is 32.1 Å². The van der Waals surface area contributed by atoms with E-state index in [0.717, 1.165) is 34.7 Å². The molecule has 1 atom stereocenters. The van der Waals surface area contributed by atoms with Crippen LogP contribution >= 0.6 is 23.2 Å². The summed E-state index contributed by atoms with van der Waals surface area (Å²) >= 11 is 11.8. The molecule has 0 amide bonds. The van der Waals surface area contributed by atoms with Crippen LogP contribution in [-0.4, -0.2) is 15.4 Å². The van der Waals surface area contributed by atoms with Gasteiger partial charge in [-0.25, -0.2) is 4.98 Å². The fourth-order valence-corrected chi connectivity index (χ4v) is 2.39. The molecular weight excluding hydrogens is 255 g/mol. The predicted octanol–water partition coefficient (Wildman–Crippen LogP) is 4.44. The maximum atomic E-state index is 6.00. The number of halogens is 2. The van der Waals surface area contributed by atoms with Crippen LogP contribution < -0.4 is 0 Å². The minimum atomic E-state index is 0.430. The van der Waals surface area contributed by atoms with Gasteiger partial charge in [-0.15, -0.1) is 11.6 Å². The number of benzene rings is 1. The van der Waals surface area contributed by atoms with Crippen LogP contribution in [-0.2, 0) is 6.42 Å². The number of aromatic nitrogens is 2. The van der Waals surface area contributed by atoms with Gasteiger partial charge in [0.25, 0.3) is 0 Å². The number of hydrogen-bond donors (Lipinski definition) is 0. The maximum absolute atomic E-state index is 6.00. The van der Waals surface area contributed by atoms with Gasteiger partial charge in [-0.1, -0.05) is 18.5 Å². The lowest BCUT2D eigenvalue weighted by molar-refractivity contribution is 0.525. The highest BCUT2D eigenvalue weighted by molar-refractivity contribution is 6.31. The molecule has 1 heterocycles. The molecule has 0 fully saturated rings. The summed E-state index contributed by atoms with van der Waals surface area (Å²) in [5, 5.41) is 0.726. The van der Waals surface area contributed by atoms with Gasteiger partial charge in [0.05, 0.1) is 11.0 Å². The van der Waals surface area contributed by atoms with Crippen LogP contribution in [0.5, 0.6) is 0 Å². The van der Waals surface area contributed by atoms with Gasteiger partial charge in [-0.05, 0) is 31.5 Å². The molecular formula is C13H16Cl2N2. The Morgan fingerprint density at radius 2 is 2.18 bits per heavy atom. The molecule has 0 saturated carbocycles. The van der Waals surface area contributed by atoms with Crippen LogP contribution in [0.3, 0.4) is 0 Å². The minimum absolute atomic E-state index is 0.430. The van der Waals surface area contributed by atoms with E-state index in [4.69, 9.17) is 23.2 Å². The summed E-state index contributed by atoms with van der Waals surface area (Å²) in [5.74, 6) is 1.64. The van der Waals surface area contributed by atoms with Gasteiger partial charge in [0, 0.05) is 23.4 Å². The molecule has 0 N–H and O–H groups in total. The van der Waals surface area contributed by atoms with Gasteiger partial charge in [0.15, 0.2) is 0 Å². The van der Waals surface area contributed by atoms with E-state index in [-0.39, 0.29) is 0 Å². The molecule has 2 rings (SSSR count). The zero-order chi connectivity index (χ0) is 12.4. The highest BCUT2D eigenvalue weighted by Crippen LogP contribution is 2.25. The van der Waals surface area contributed by atoms with Crippen molar-refractivity contribution in [1.82, 2.24) is 9.55 Å². The van der Waals surface area contributed by atoms with E-state index < -0.39 is 0 Å². The van der Waals surface area contributed by atoms with Gasteiger partial charge < -0.3 is 4.57 Å². The fraction of sp³-hybridized carbons (Fsp3) is 0.462. The Morgan fingerprint density at radius 1 is 1.41 bits per heavy atom. The Morgan fingerprint density at radius 3 is 2.82 bits per heavy atom. The van der Waals surface area contributed by atoms with Crippen molar-refractivity contribution in [1.29, 1.82) is 0 Å². The van der Waals surface area contributed by atoms with Crippen molar-refractivity contribution in [3.8, 4) is 0 Å². The number of aryl methyl sites for hydroxylation is 1. The Bertz CT molecular complexity index is 519. The van der Waals surface area contributed by atoms with E-state index in [1.165, 1.54) is 0 Å². The molecule has 1 aromatic heterocycles. The lowest BCUT2D eigenvalue weighted by Gasteiger charge is -2.15. The van der Waals surface area contributed by atoms with Crippen molar-refractivity contribution in [3.63, 3.8) is 0 Å². The van der Waals surface area contributed by atoms with E-state index >= 15 is 0 Å². The smallest absolute Gasteiger partial charge is 0.111 e. The van der Waals surface area contributed by atoms with Crippen LogP contribution in [0.25, 0.3) is 11.0 Å². The van der Waals surface area contributed by atoms with Crippen molar-refractivity contribution in [3.05, 3.63) is 29.0 Å². The molecule has 0 aliphatic heterocycles. The SMILES string of the molecule is CCC(C)n1c(CCCl)nc2cc(Cl)ccc21. The maximum Gasteiger partial charge on any atom is 0.111 e. The van der Waals surface area contributed by atoms with Gasteiger partial charge in [-0.2, -0.15) is 0 Å². The van der Waals surface area contributed by atoms with Crippen LogP contribution in [0.4, 0.5) is 0 Å². The van der Waals surface area contributed by atoms with Crippen molar-refractivity contribution >= 4 is 34.2 Å². The Balaban J connectivity index is 2.62. The average Bonchev–Trinajstić information content (AvgIpc) is 2.65. The fourth-order valence-electron chi connectivity index (χ4n) is 2.06. The number of rotatable bonds is 4. The molecule has 0 aliphatic carbocycles. The Hall–Kier alpha value is -0.730. The van der Waals surface area contributed by atoms with E-state index in [0.29, 0.717) is 11.9 Å². The highest BCUT2D eigenvalue weighted by Gasteiger charge is 2.14. The summed E-state index contributed by atoms with van der Waals surface area (Å²) in [4.78, 5) is 4.63. The lowest BCUT2D eigenvalue weighted by atomic mass is 10.2. The Kier molecular flexibility index (Phi) is 3.95. The summed E-state index contributed by atoms with van der Waals surface area (Å²) in [6.45, 7) is 4.38. The number of imidazole rings is 1. The van der Waals surface area contributed by atoms with E-state index in [9.17, 15) is 0 Å².